The lowest BCUT2D eigenvalue weighted by Gasteiger charge is -2.16. The van der Waals surface area contributed by atoms with E-state index in [4.69, 9.17) is 28.5 Å². The number of ether oxygens (including phenoxy) is 4. The molecule has 218 valence electrons. The molecular weight excluding hydrogens is 544 g/mol. The number of aldehydes is 1. The summed E-state index contributed by atoms with van der Waals surface area (Å²) in [5.41, 5.74) is 1.85. The molecule has 10 heteroatoms. The molecule has 0 aliphatic rings. The number of carbonyl (C=O) groups excluding carboxylic acids is 2. The molecule has 3 aromatic carbocycles. The number of hydrogen-bond acceptors (Lipinski definition) is 6. The van der Waals surface area contributed by atoms with Crippen LogP contribution in [0.4, 0.5) is 17.6 Å². The lowest BCUT2D eigenvalue weighted by Crippen LogP contribution is -1.94. The van der Waals surface area contributed by atoms with E-state index in [1.165, 1.54) is 32.4 Å². The quantitative estimate of drug-likeness (QED) is 0.0838. The Morgan fingerprint density at radius 3 is 1.20 bits per heavy atom. The number of halogens is 4. The minimum atomic E-state index is -2.03. The molecule has 0 aliphatic heterocycles. The number of benzene rings is 3. The van der Waals surface area contributed by atoms with Gasteiger partial charge in [0.2, 0.25) is 0 Å². The van der Waals surface area contributed by atoms with Crippen LogP contribution in [0.2, 0.25) is 0 Å². The van der Waals surface area contributed by atoms with E-state index in [-0.39, 0.29) is 11.5 Å². The molecule has 3 rings (SSSR count). The van der Waals surface area contributed by atoms with Gasteiger partial charge in [0.05, 0.1) is 14.2 Å². The SMILES string of the molecule is C=CC.C=CC=O.C=O.COc1ccc(-c2cc(OC=C(F)F)c(-c3ccc(OC)cc3)cc2OC=C(F)F)cc1. The van der Waals surface area contributed by atoms with Crippen molar-refractivity contribution in [3.8, 4) is 45.3 Å². The van der Waals surface area contributed by atoms with Crippen LogP contribution < -0.4 is 18.9 Å². The highest BCUT2D eigenvalue weighted by Gasteiger charge is 2.16. The summed E-state index contributed by atoms with van der Waals surface area (Å²) in [5, 5.41) is 0. The van der Waals surface area contributed by atoms with E-state index in [1.807, 2.05) is 13.7 Å². The summed E-state index contributed by atoms with van der Waals surface area (Å²) in [6.45, 7) is 10.4. The highest BCUT2D eigenvalue weighted by atomic mass is 19.3. The molecule has 0 unspecified atom stereocenters. The van der Waals surface area contributed by atoms with Crippen molar-refractivity contribution >= 4 is 13.1 Å². The van der Waals surface area contributed by atoms with Crippen LogP contribution in [0, 0.1) is 0 Å². The van der Waals surface area contributed by atoms with Crippen molar-refractivity contribution in [3.63, 3.8) is 0 Å². The highest BCUT2D eigenvalue weighted by molar-refractivity contribution is 5.81. The van der Waals surface area contributed by atoms with E-state index in [1.54, 1.807) is 54.6 Å². The summed E-state index contributed by atoms with van der Waals surface area (Å²) in [7, 11) is 3.01. The number of hydrogen-bond donors (Lipinski definition) is 0. The van der Waals surface area contributed by atoms with Crippen LogP contribution in [-0.2, 0) is 9.59 Å². The Balaban J connectivity index is 0.00000157. The van der Waals surface area contributed by atoms with Gasteiger partial charge in [-0.2, -0.15) is 17.6 Å². The molecule has 0 amide bonds. The first-order valence-electron chi connectivity index (χ1n) is 11.5. The maximum atomic E-state index is 12.7. The normalized spacial score (nSPS) is 8.85. The number of carbonyl (C=O) groups is 2. The summed E-state index contributed by atoms with van der Waals surface area (Å²) < 4.78 is 71.6. The van der Waals surface area contributed by atoms with Gasteiger partial charge in [0.1, 0.15) is 36.1 Å². The van der Waals surface area contributed by atoms with E-state index < -0.39 is 12.2 Å². The van der Waals surface area contributed by atoms with Gasteiger partial charge in [0.25, 0.3) is 0 Å². The standard InChI is InChI=1S/C24H18F4O4.C3H4O.C3H6.CH2O/c1-29-17-7-3-15(4-8-17)19-11-22(32-14-24(27)28)20(12-21(19)31-13-23(25)26)16-5-9-18(30-2)10-6-16;1-2-3-4;1-3-2;1-2/h3-14H,1-2H3;2-3H,1H2;3H,1H2,2H3;1H2. The van der Waals surface area contributed by atoms with Gasteiger partial charge in [0.15, 0.2) is 12.5 Å². The third-order valence-electron chi connectivity index (χ3n) is 4.53. The van der Waals surface area contributed by atoms with Gasteiger partial charge in [-0.15, -0.1) is 6.58 Å². The zero-order valence-corrected chi connectivity index (χ0v) is 22.7. The van der Waals surface area contributed by atoms with Crippen molar-refractivity contribution in [2.45, 2.75) is 6.92 Å². The second kappa shape index (κ2) is 20.8. The zero-order chi connectivity index (χ0) is 31.2. The molecule has 0 bridgehead atoms. The van der Waals surface area contributed by atoms with E-state index >= 15 is 0 Å². The van der Waals surface area contributed by atoms with Crippen LogP contribution in [-0.4, -0.2) is 27.3 Å². The minimum absolute atomic E-state index is 0.0748. The average molecular weight is 575 g/mol. The molecule has 0 N–H and O–H groups in total. The summed E-state index contributed by atoms with van der Waals surface area (Å²) in [5.74, 6) is 1.32. The number of allylic oxidation sites excluding steroid dienone is 2. The molecule has 0 saturated heterocycles. The van der Waals surface area contributed by atoms with Crippen molar-refractivity contribution < 1.29 is 46.1 Å². The van der Waals surface area contributed by atoms with Crippen molar-refractivity contribution in [3.05, 3.63) is 111 Å². The zero-order valence-electron chi connectivity index (χ0n) is 22.7. The Morgan fingerprint density at radius 1 is 0.683 bits per heavy atom. The van der Waals surface area contributed by atoms with Gasteiger partial charge >= 0.3 is 12.2 Å². The van der Waals surface area contributed by atoms with Gasteiger partial charge < -0.3 is 23.7 Å². The van der Waals surface area contributed by atoms with Crippen LogP contribution in [0.1, 0.15) is 6.92 Å². The first-order valence-corrected chi connectivity index (χ1v) is 11.5. The molecule has 41 heavy (non-hydrogen) atoms. The Kier molecular flexibility index (Phi) is 18.2. The molecular formula is C31H30F4O6. The fourth-order valence-electron chi connectivity index (χ4n) is 2.96. The van der Waals surface area contributed by atoms with Crippen molar-refractivity contribution in [1.82, 2.24) is 0 Å². The van der Waals surface area contributed by atoms with Crippen LogP contribution in [0.5, 0.6) is 23.0 Å². The monoisotopic (exact) mass is 574 g/mol. The lowest BCUT2D eigenvalue weighted by atomic mass is 9.97. The number of methoxy groups -OCH3 is 2. The second-order valence-electron chi connectivity index (χ2n) is 7.13. The largest absolute Gasteiger partial charge is 0.497 e. The smallest absolute Gasteiger partial charge is 0.305 e. The Hall–Kier alpha value is -5.12. The average Bonchev–Trinajstić information content (AvgIpc) is 3.00. The molecule has 0 fully saturated rings. The van der Waals surface area contributed by atoms with E-state index in [2.05, 4.69) is 13.2 Å². The third-order valence-corrected chi connectivity index (χ3v) is 4.53. The predicted molar refractivity (Wildman–Crippen MR) is 152 cm³/mol. The van der Waals surface area contributed by atoms with E-state index in [0.29, 0.717) is 52.6 Å². The molecule has 0 saturated carbocycles. The van der Waals surface area contributed by atoms with Crippen LogP contribution in [0.15, 0.2) is 111 Å². The van der Waals surface area contributed by atoms with Crippen LogP contribution in [0.25, 0.3) is 22.3 Å². The fraction of sp³-hybridized carbons (Fsp3) is 0.0968. The maximum absolute atomic E-state index is 12.7. The van der Waals surface area contributed by atoms with Gasteiger partial charge in [0, 0.05) is 11.1 Å². The summed E-state index contributed by atoms with van der Waals surface area (Å²) >= 11 is 0. The van der Waals surface area contributed by atoms with Crippen LogP contribution >= 0.6 is 0 Å². The topological polar surface area (TPSA) is 71.1 Å². The molecule has 0 heterocycles. The first-order chi connectivity index (χ1) is 19.7. The van der Waals surface area contributed by atoms with Crippen molar-refractivity contribution in [2.24, 2.45) is 0 Å². The van der Waals surface area contributed by atoms with E-state index in [0.717, 1.165) is 0 Å². The highest BCUT2D eigenvalue weighted by Crippen LogP contribution is 2.42. The van der Waals surface area contributed by atoms with Gasteiger partial charge in [-0.05, 0) is 60.5 Å². The second-order valence-corrected chi connectivity index (χ2v) is 7.13. The molecule has 0 aromatic heterocycles. The number of rotatable bonds is 9. The Bertz CT molecular complexity index is 1180. The Morgan fingerprint density at radius 2 is 0.976 bits per heavy atom. The third kappa shape index (κ3) is 13.0. The maximum Gasteiger partial charge on any atom is 0.305 e. The molecule has 0 radical (unpaired) electrons. The van der Waals surface area contributed by atoms with Crippen molar-refractivity contribution in [1.29, 1.82) is 0 Å². The summed E-state index contributed by atoms with van der Waals surface area (Å²) in [6, 6.07) is 16.3. The van der Waals surface area contributed by atoms with Crippen molar-refractivity contribution in [2.75, 3.05) is 14.2 Å². The minimum Gasteiger partial charge on any atom is -0.497 e. The summed E-state index contributed by atoms with van der Waals surface area (Å²) in [6.07, 6.45) is 0.141. The van der Waals surface area contributed by atoms with Gasteiger partial charge in [-0.3, -0.25) is 4.79 Å². The lowest BCUT2D eigenvalue weighted by molar-refractivity contribution is -0.104. The molecule has 0 aliphatic carbocycles. The molecule has 0 spiro atoms. The fourth-order valence-corrected chi connectivity index (χ4v) is 2.96. The predicted octanol–water partition coefficient (Wildman–Crippen LogP) is 8.65. The Labute approximate surface area is 236 Å². The van der Waals surface area contributed by atoms with Gasteiger partial charge in [-0.1, -0.05) is 36.9 Å². The molecule has 6 nitrogen and oxygen atoms in total. The van der Waals surface area contributed by atoms with Crippen LogP contribution in [0.3, 0.4) is 0 Å². The molecule has 3 aromatic rings. The van der Waals surface area contributed by atoms with Gasteiger partial charge in [-0.25, -0.2) is 0 Å². The first kappa shape index (κ1) is 35.9. The molecule has 0 atom stereocenters. The summed E-state index contributed by atoms with van der Waals surface area (Å²) in [4.78, 5) is 17.1. The van der Waals surface area contributed by atoms with E-state index in [9.17, 15) is 17.6 Å².